The van der Waals surface area contributed by atoms with Crippen LogP contribution in [0.25, 0.3) is 0 Å². The summed E-state index contributed by atoms with van der Waals surface area (Å²) in [6.45, 7) is 5.41. The molecule has 21 heavy (non-hydrogen) atoms. The van der Waals surface area contributed by atoms with Crippen molar-refractivity contribution < 1.29 is 4.74 Å². The van der Waals surface area contributed by atoms with Gasteiger partial charge in [-0.15, -0.1) is 0 Å². The molecular formula is C16H26N4O. The monoisotopic (exact) mass is 290 g/mol. The first-order valence-corrected chi connectivity index (χ1v) is 7.63. The number of nitrogens with zero attached hydrogens (tertiary/aromatic N) is 2. The molecule has 1 saturated heterocycles. The smallest absolute Gasteiger partial charge is 0.120 e. The molecule has 1 aliphatic heterocycles. The van der Waals surface area contributed by atoms with Crippen LogP contribution in [0.1, 0.15) is 19.3 Å². The lowest BCUT2D eigenvalue weighted by Gasteiger charge is -2.36. The van der Waals surface area contributed by atoms with E-state index in [1.807, 2.05) is 12.1 Å². The van der Waals surface area contributed by atoms with Crippen molar-refractivity contribution in [3.63, 3.8) is 0 Å². The number of methoxy groups -OCH3 is 1. The summed E-state index contributed by atoms with van der Waals surface area (Å²) in [4.78, 5) is 4.91. The van der Waals surface area contributed by atoms with Crippen molar-refractivity contribution in [3.8, 4) is 5.75 Å². The number of anilines is 1. The molecule has 1 heterocycles. The van der Waals surface area contributed by atoms with Gasteiger partial charge in [0.15, 0.2) is 0 Å². The SMILES string of the molecule is COc1cccc(N2CCN(CCCCC(=N)N)CC2)c1. The number of rotatable bonds is 7. The van der Waals surface area contributed by atoms with E-state index in [1.165, 1.54) is 5.69 Å². The third kappa shape index (κ3) is 4.93. The van der Waals surface area contributed by atoms with Crippen molar-refractivity contribution in [2.75, 3.05) is 44.7 Å². The minimum absolute atomic E-state index is 0.304. The maximum absolute atomic E-state index is 7.22. The molecule has 0 unspecified atom stereocenters. The molecule has 1 aromatic rings. The summed E-state index contributed by atoms with van der Waals surface area (Å²) in [6.07, 6.45) is 2.87. The highest BCUT2D eigenvalue weighted by atomic mass is 16.5. The second kappa shape index (κ2) is 7.88. The van der Waals surface area contributed by atoms with Gasteiger partial charge in [-0.25, -0.2) is 0 Å². The van der Waals surface area contributed by atoms with E-state index in [1.54, 1.807) is 7.11 Å². The highest BCUT2D eigenvalue weighted by Gasteiger charge is 2.16. The highest BCUT2D eigenvalue weighted by Crippen LogP contribution is 2.22. The van der Waals surface area contributed by atoms with Gasteiger partial charge in [0.25, 0.3) is 0 Å². The Morgan fingerprint density at radius 1 is 1.24 bits per heavy atom. The number of ether oxygens (including phenoxy) is 1. The van der Waals surface area contributed by atoms with Crippen LogP contribution in [0.15, 0.2) is 24.3 Å². The van der Waals surface area contributed by atoms with Crippen molar-refractivity contribution >= 4 is 11.5 Å². The zero-order valence-electron chi connectivity index (χ0n) is 12.8. The van der Waals surface area contributed by atoms with Crippen LogP contribution in [-0.4, -0.2) is 50.6 Å². The van der Waals surface area contributed by atoms with E-state index in [-0.39, 0.29) is 0 Å². The van der Waals surface area contributed by atoms with Crippen LogP contribution in [0.3, 0.4) is 0 Å². The maximum Gasteiger partial charge on any atom is 0.120 e. The second-order valence-electron chi connectivity index (χ2n) is 5.51. The quantitative estimate of drug-likeness (QED) is 0.457. The molecule has 1 aliphatic rings. The third-order valence-electron chi connectivity index (χ3n) is 3.96. The predicted octanol–water partition coefficient (Wildman–Crippen LogP) is 1.92. The summed E-state index contributed by atoms with van der Waals surface area (Å²) in [6, 6.07) is 8.27. The van der Waals surface area contributed by atoms with Crippen molar-refractivity contribution in [2.24, 2.45) is 5.73 Å². The molecule has 0 bridgehead atoms. The van der Waals surface area contributed by atoms with Gasteiger partial charge in [-0.05, 0) is 31.5 Å². The maximum atomic E-state index is 7.22. The van der Waals surface area contributed by atoms with Crippen LogP contribution in [0.5, 0.6) is 5.75 Å². The van der Waals surface area contributed by atoms with Crippen molar-refractivity contribution in [3.05, 3.63) is 24.3 Å². The summed E-state index contributed by atoms with van der Waals surface area (Å²) in [5, 5.41) is 7.22. The Morgan fingerprint density at radius 2 is 2.00 bits per heavy atom. The van der Waals surface area contributed by atoms with E-state index >= 15 is 0 Å². The molecule has 3 N–H and O–H groups in total. The first-order valence-electron chi connectivity index (χ1n) is 7.63. The minimum Gasteiger partial charge on any atom is -0.497 e. The van der Waals surface area contributed by atoms with Gasteiger partial charge < -0.3 is 15.4 Å². The van der Waals surface area contributed by atoms with E-state index in [0.717, 1.165) is 57.7 Å². The van der Waals surface area contributed by atoms with E-state index in [2.05, 4.69) is 21.9 Å². The van der Waals surface area contributed by atoms with Crippen LogP contribution in [-0.2, 0) is 0 Å². The fraction of sp³-hybridized carbons (Fsp3) is 0.562. The fourth-order valence-electron chi connectivity index (χ4n) is 2.69. The fourth-order valence-corrected chi connectivity index (χ4v) is 2.69. The largest absolute Gasteiger partial charge is 0.497 e. The molecule has 116 valence electrons. The predicted molar refractivity (Wildman–Crippen MR) is 87.4 cm³/mol. The Hall–Kier alpha value is -1.75. The van der Waals surface area contributed by atoms with Gasteiger partial charge in [0.1, 0.15) is 5.75 Å². The number of hydrogen-bond acceptors (Lipinski definition) is 4. The molecule has 5 nitrogen and oxygen atoms in total. The number of amidine groups is 1. The Morgan fingerprint density at radius 3 is 2.67 bits per heavy atom. The van der Waals surface area contributed by atoms with Crippen LogP contribution in [0.4, 0.5) is 5.69 Å². The normalized spacial score (nSPS) is 16.0. The van der Waals surface area contributed by atoms with Gasteiger partial charge in [-0.2, -0.15) is 0 Å². The topological polar surface area (TPSA) is 65.6 Å². The molecule has 2 rings (SSSR count). The molecule has 0 spiro atoms. The molecule has 0 atom stereocenters. The van der Waals surface area contributed by atoms with Crippen LogP contribution in [0.2, 0.25) is 0 Å². The lowest BCUT2D eigenvalue weighted by molar-refractivity contribution is 0.253. The number of nitrogens with one attached hydrogen (secondary N) is 1. The number of piperazine rings is 1. The summed E-state index contributed by atoms with van der Waals surface area (Å²) in [7, 11) is 1.71. The molecule has 1 aromatic carbocycles. The Labute approximate surface area is 127 Å². The van der Waals surface area contributed by atoms with Crippen molar-refractivity contribution in [1.29, 1.82) is 5.41 Å². The average molecular weight is 290 g/mol. The Balaban J connectivity index is 1.73. The van der Waals surface area contributed by atoms with Crippen LogP contribution >= 0.6 is 0 Å². The zero-order chi connectivity index (χ0) is 15.1. The molecule has 0 amide bonds. The van der Waals surface area contributed by atoms with Crippen LogP contribution in [0, 0.1) is 5.41 Å². The van der Waals surface area contributed by atoms with Gasteiger partial charge in [-0.1, -0.05) is 6.07 Å². The molecular weight excluding hydrogens is 264 g/mol. The molecule has 1 fully saturated rings. The number of nitrogens with two attached hydrogens (primary N) is 1. The molecule has 0 saturated carbocycles. The summed E-state index contributed by atoms with van der Waals surface area (Å²) in [5.74, 6) is 1.22. The lowest BCUT2D eigenvalue weighted by Crippen LogP contribution is -2.46. The molecule has 0 aliphatic carbocycles. The number of benzene rings is 1. The molecule has 0 aromatic heterocycles. The van der Waals surface area contributed by atoms with E-state index in [9.17, 15) is 0 Å². The van der Waals surface area contributed by atoms with Gasteiger partial charge >= 0.3 is 0 Å². The van der Waals surface area contributed by atoms with Gasteiger partial charge in [0.2, 0.25) is 0 Å². The summed E-state index contributed by atoms with van der Waals surface area (Å²) >= 11 is 0. The van der Waals surface area contributed by atoms with E-state index in [4.69, 9.17) is 15.9 Å². The van der Waals surface area contributed by atoms with Gasteiger partial charge in [0.05, 0.1) is 12.9 Å². The first kappa shape index (κ1) is 15.6. The van der Waals surface area contributed by atoms with E-state index in [0.29, 0.717) is 5.84 Å². The van der Waals surface area contributed by atoms with Gasteiger partial charge in [-0.3, -0.25) is 10.3 Å². The molecule has 0 radical (unpaired) electrons. The van der Waals surface area contributed by atoms with Gasteiger partial charge in [0, 0.05) is 44.4 Å². The summed E-state index contributed by atoms with van der Waals surface area (Å²) < 4.78 is 5.29. The highest BCUT2D eigenvalue weighted by molar-refractivity contribution is 5.76. The number of unbranched alkanes of at least 4 members (excludes halogenated alkanes) is 1. The Bertz CT molecular complexity index is 455. The number of hydrogen-bond donors (Lipinski definition) is 2. The standard InChI is InChI=1S/C16H26N4O/c1-21-15-6-4-5-14(13-15)20-11-9-19(10-12-20)8-3-2-7-16(17)18/h4-6,13H,2-3,7-12H2,1H3,(H3,17,18). The first-order chi connectivity index (χ1) is 10.2. The van der Waals surface area contributed by atoms with Crippen LogP contribution < -0.4 is 15.4 Å². The third-order valence-corrected chi connectivity index (χ3v) is 3.96. The Kier molecular flexibility index (Phi) is 5.87. The second-order valence-corrected chi connectivity index (χ2v) is 5.51. The van der Waals surface area contributed by atoms with Crippen molar-refractivity contribution in [1.82, 2.24) is 4.90 Å². The van der Waals surface area contributed by atoms with Crippen molar-refractivity contribution in [2.45, 2.75) is 19.3 Å². The average Bonchev–Trinajstić information content (AvgIpc) is 2.52. The minimum atomic E-state index is 0.304. The van der Waals surface area contributed by atoms with E-state index < -0.39 is 0 Å². The lowest BCUT2D eigenvalue weighted by atomic mass is 10.2. The zero-order valence-corrected chi connectivity index (χ0v) is 12.8. The summed E-state index contributed by atoms with van der Waals surface area (Å²) in [5.41, 5.74) is 6.61. The molecule has 5 heteroatoms.